The lowest BCUT2D eigenvalue weighted by atomic mass is 10.0. The van der Waals surface area contributed by atoms with Gasteiger partial charge in [0, 0.05) is 6.04 Å². The van der Waals surface area contributed by atoms with Gasteiger partial charge in [-0.1, -0.05) is 13.0 Å². The van der Waals surface area contributed by atoms with Crippen LogP contribution in [0.15, 0.2) is 12.1 Å². The molecule has 0 unspecified atom stereocenters. The lowest BCUT2D eigenvalue weighted by molar-refractivity contribution is 0.0698. The minimum absolute atomic E-state index is 0.153. The number of hydrogen-bond donors (Lipinski definition) is 3. The van der Waals surface area contributed by atoms with E-state index in [-0.39, 0.29) is 11.6 Å². The average Bonchev–Trinajstić information content (AvgIpc) is 2.19. The second kappa shape index (κ2) is 4.88. The Balaban J connectivity index is 3.28. The van der Waals surface area contributed by atoms with Gasteiger partial charge >= 0.3 is 5.97 Å². The van der Waals surface area contributed by atoms with Gasteiger partial charge in [-0.3, -0.25) is 0 Å². The van der Waals surface area contributed by atoms with E-state index >= 15 is 0 Å². The molecule has 1 aromatic carbocycles. The number of nitrogens with one attached hydrogen (secondary N) is 1. The predicted molar refractivity (Wildman–Crippen MR) is 66.0 cm³/mol. The van der Waals surface area contributed by atoms with Crippen molar-refractivity contribution in [2.45, 2.75) is 33.2 Å². The zero-order valence-electron chi connectivity index (χ0n) is 9.87. The second-order valence-corrected chi connectivity index (χ2v) is 4.02. The number of benzene rings is 1. The van der Waals surface area contributed by atoms with Crippen molar-refractivity contribution in [1.29, 1.82) is 0 Å². The van der Waals surface area contributed by atoms with E-state index in [1.807, 2.05) is 26.8 Å². The van der Waals surface area contributed by atoms with Crippen molar-refractivity contribution < 1.29 is 9.90 Å². The first-order chi connectivity index (χ1) is 7.47. The van der Waals surface area contributed by atoms with Crippen LogP contribution in [0.1, 0.15) is 36.7 Å². The number of nitrogen functional groups attached to an aromatic ring is 1. The van der Waals surface area contributed by atoms with Crippen LogP contribution in [0.2, 0.25) is 0 Å². The Labute approximate surface area is 95.5 Å². The normalized spacial score (nSPS) is 10.5. The standard InChI is InChI=1S/C12H18N2O2/c1-4-8-5-6-9(12(15)16)10(13)11(8)14-7(2)3/h5-7,14H,4,13H2,1-3H3,(H,15,16). The van der Waals surface area contributed by atoms with Crippen molar-refractivity contribution in [3.05, 3.63) is 23.3 Å². The molecule has 0 amide bonds. The maximum Gasteiger partial charge on any atom is 0.337 e. The van der Waals surface area contributed by atoms with Crippen molar-refractivity contribution in [3.8, 4) is 0 Å². The van der Waals surface area contributed by atoms with Crippen molar-refractivity contribution in [2.24, 2.45) is 0 Å². The molecule has 0 saturated carbocycles. The van der Waals surface area contributed by atoms with Crippen LogP contribution in [0.3, 0.4) is 0 Å². The summed E-state index contributed by atoms with van der Waals surface area (Å²) in [5.74, 6) is -0.994. The van der Waals surface area contributed by atoms with Crippen molar-refractivity contribution >= 4 is 17.3 Å². The molecular weight excluding hydrogens is 204 g/mol. The quantitative estimate of drug-likeness (QED) is 0.683. The molecule has 0 radical (unpaired) electrons. The van der Waals surface area contributed by atoms with Crippen LogP contribution < -0.4 is 11.1 Å². The number of hydrogen-bond acceptors (Lipinski definition) is 3. The van der Waals surface area contributed by atoms with E-state index in [2.05, 4.69) is 5.32 Å². The van der Waals surface area contributed by atoms with Gasteiger partial charge in [-0.2, -0.15) is 0 Å². The summed E-state index contributed by atoms with van der Waals surface area (Å²) in [6.45, 7) is 6.00. The summed E-state index contributed by atoms with van der Waals surface area (Å²) in [4.78, 5) is 11.0. The molecule has 0 atom stereocenters. The Bertz CT molecular complexity index is 400. The number of aryl methyl sites for hydroxylation is 1. The monoisotopic (exact) mass is 222 g/mol. The maximum absolute atomic E-state index is 11.0. The van der Waals surface area contributed by atoms with Gasteiger partial charge in [0.25, 0.3) is 0 Å². The smallest absolute Gasteiger partial charge is 0.337 e. The predicted octanol–water partition coefficient (Wildman–Crippen LogP) is 2.35. The summed E-state index contributed by atoms with van der Waals surface area (Å²) in [7, 11) is 0. The van der Waals surface area contributed by atoms with Gasteiger partial charge in [0.2, 0.25) is 0 Å². The van der Waals surface area contributed by atoms with E-state index in [0.29, 0.717) is 5.69 Å². The van der Waals surface area contributed by atoms with Gasteiger partial charge in [-0.25, -0.2) is 4.79 Å². The zero-order chi connectivity index (χ0) is 12.3. The first kappa shape index (κ1) is 12.4. The number of anilines is 2. The molecule has 4 heteroatoms. The number of carboxylic acids is 1. The van der Waals surface area contributed by atoms with E-state index < -0.39 is 5.97 Å². The Kier molecular flexibility index (Phi) is 3.77. The topological polar surface area (TPSA) is 75.3 Å². The summed E-state index contributed by atoms with van der Waals surface area (Å²) in [5, 5.41) is 12.2. The highest BCUT2D eigenvalue weighted by atomic mass is 16.4. The minimum Gasteiger partial charge on any atom is -0.478 e. The number of carbonyl (C=O) groups is 1. The molecule has 1 aromatic rings. The summed E-state index contributed by atoms with van der Waals surface area (Å²) >= 11 is 0. The number of rotatable bonds is 4. The van der Waals surface area contributed by atoms with Crippen LogP contribution in [0.4, 0.5) is 11.4 Å². The van der Waals surface area contributed by atoms with Crippen LogP contribution in [-0.2, 0) is 6.42 Å². The SMILES string of the molecule is CCc1ccc(C(=O)O)c(N)c1NC(C)C. The minimum atomic E-state index is -0.994. The molecule has 4 N–H and O–H groups in total. The van der Waals surface area contributed by atoms with E-state index in [0.717, 1.165) is 17.7 Å². The zero-order valence-corrected chi connectivity index (χ0v) is 9.87. The fraction of sp³-hybridized carbons (Fsp3) is 0.417. The molecule has 0 spiro atoms. The molecule has 0 bridgehead atoms. The summed E-state index contributed by atoms with van der Waals surface area (Å²) in [5.41, 5.74) is 8.12. The first-order valence-electron chi connectivity index (χ1n) is 5.38. The molecule has 0 saturated heterocycles. The van der Waals surface area contributed by atoms with E-state index in [9.17, 15) is 4.79 Å². The van der Waals surface area contributed by atoms with Gasteiger partial charge < -0.3 is 16.2 Å². The number of nitrogens with two attached hydrogens (primary N) is 1. The van der Waals surface area contributed by atoms with E-state index in [1.54, 1.807) is 6.07 Å². The van der Waals surface area contributed by atoms with Crippen LogP contribution in [0.25, 0.3) is 0 Å². The fourth-order valence-corrected chi connectivity index (χ4v) is 1.60. The van der Waals surface area contributed by atoms with E-state index in [4.69, 9.17) is 10.8 Å². The maximum atomic E-state index is 11.0. The Morgan fingerprint density at radius 2 is 2.12 bits per heavy atom. The van der Waals surface area contributed by atoms with E-state index in [1.165, 1.54) is 0 Å². The van der Waals surface area contributed by atoms with Gasteiger partial charge in [0.05, 0.1) is 16.9 Å². The van der Waals surface area contributed by atoms with Crippen molar-refractivity contribution in [2.75, 3.05) is 11.1 Å². The fourth-order valence-electron chi connectivity index (χ4n) is 1.60. The van der Waals surface area contributed by atoms with Crippen LogP contribution in [0.5, 0.6) is 0 Å². The third kappa shape index (κ3) is 2.45. The Morgan fingerprint density at radius 3 is 2.56 bits per heavy atom. The van der Waals surface area contributed by atoms with Gasteiger partial charge in [-0.05, 0) is 31.9 Å². The molecule has 16 heavy (non-hydrogen) atoms. The molecular formula is C12H18N2O2. The molecule has 88 valence electrons. The molecule has 1 rings (SSSR count). The Hall–Kier alpha value is -1.71. The molecule has 0 aromatic heterocycles. The average molecular weight is 222 g/mol. The van der Waals surface area contributed by atoms with Crippen molar-refractivity contribution in [3.63, 3.8) is 0 Å². The first-order valence-corrected chi connectivity index (χ1v) is 5.38. The number of carboxylic acid groups (broad SMARTS) is 1. The van der Waals surface area contributed by atoms with Crippen LogP contribution in [0, 0.1) is 0 Å². The Morgan fingerprint density at radius 1 is 1.50 bits per heavy atom. The lowest BCUT2D eigenvalue weighted by Gasteiger charge is -2.17. The van der Waals surface area contributed by atoms with Gasteiger partial charge in [0.15, 0.2) is 0 Å². The largest absolute Gasteiger partial charge is 0.478 e. The molecule has 0 heterocycles. The lowest BCUT2D eigenvalue weighted by Crippen LogP contribution is -2.15. The summed E-state index contributed by atoms with van der Waals surface area (Å²) in [6, 6.07) is 3.59. The van der Waals surface area contributed by atoms with Crippen molar-refractivity contribution in [1.82, 2.24) is 0 Å². The van der Waals surface area contributed by atoms with Crippen LogP contribution >= 0.6 is 0 Å². The molecule has 0 fully saturated rings. The molecule has 0 aliphatic carbocycles. The summed E-state index contributed by atoms with van der Waals surface area (Å²) < 4.78 is 0. The highest BCUT2D eigenvalue weighted by Crippen LogP contribution is 2.28. The third-order valence-electron chi connectivity index (χ3n) is 2.38. The molecule has 4 nitrogen and oxygen atoms in total. The highest BCUT2D eigenvalue weighted by Gasteiger charge is 2.14. The van der Waals surface area contributed by atoms with Crippen LogP contribution in [-0.4, -0.2) is 17.1 Å². The summed E-state index contributed by atoms with van der Waals surface area (Å²) in [6.07, 6.45) is 0.819. The highest BCUT2D eigenvalue weighted by molar-refractivity contribution is 5.97. The molecule has 0 aliphatic heterocycles. The number of aromatic carboxylic acids is 1. The van der Waals surface area contributed by atoms with Gasteiger partial charge in [-0.15, -0.1) is 0 Å². The molecule has 0 aliphatic rings. The van der Waals surface area contributed by atoms with Gasteiger partial charge in [0.1, 0.15) is 0 Å². The second-order valence-electron chi connectivity index (χ2n) is 4.02. The third-order valence-corrected chi connectivity index (χ3v) is 2.38.